The van der Waals surface area contributed by atoms with Crippen LogP contribution in [0.1, 0.15) is 25.0 Å². The van der Waals surface area contributed by atoms with E-state index in [0.29, 0.717) is 11.5 Å². The second kappa shape index (κ2) is 9.93. The van der Waals surface area contributed by atoms with Gasteiger partial charge in [-0.3, -0.25) is 4.57 Å². The maximum Gasteiger partial charge on any atom is 0.236 e. The van der Waals surface area contributed by atoms with Crippen LogP contribution < -0.4 is 0 Å². The summed E-state index contributed by atoms with van der Waals surface area (Å²) in [5.41, 5.74) is 11.5. The van der Waals surface area contributed by atoms with Gasteiger partial charge in [-0.25, -0.2) is 9.97 Å². The van der Waals surface area contributed by atoms with Gasteiger partial charge in [-0.05, 0) is 81.6 Å². The van der Waals surface area contributed by atoms with E-state index in [2.05, 4.69) is 146 Å². The monoisotopic (exact) mass is 683 g/mol. The molecule has 5 heteroatoms. The molecule has 7 aromatic carbocycles. The minimum atomic E-state index is -0.150. The molecular weight excluding hydrogens is 655 g/mol. The van der Waals surface area contributed by atoms with Crippen molar-refractivity contribution in [2.45, 2.75) is 19.3 Å². The van der Waals surface area contributed by atoms with Crippen molar-refractivity contribution in [2.24, 2.45) is 0 Å². The van der Waals surface area contributed by atoms with E-state index in [9.17, 15) is 0 Å². The summed E-state index contributed by atoms with van der Waals surface area (Å²) >= 11 is 1.81. The Kier molecular flexibility index (Phi) is 5.43. The first kappa shape index (κ1) is 28.4. The van der Waals surface area contributed by atoms with Gasteiger partial charge in [0.15, 0.2) is 5.58 Å². The lowest BCUT2D eigenvalue weighted by molar-refractivity contribution is 0.661. The van der Waals surface area contributed by atoms with E-state index < -0.39 is 0 Å². The molecule has 0 spiro atoms. The third kappa shape index (κ3) is 3.70. The van der Waals surface area contributed by atoms with Crippen LogP contribution >= 0.6 is 11.3 Å². The first-order chi connectivity index (χ1) is 25.5. The van der Waals surface area contributed by atoms with E-state index in [1.165, 1.54) is 64.0 Å². The molecule has 11 aromatic rings. The maximum absolute atomic E-state index is 6.61. The van der Waals surface area contributed by atoms with Crippen LogP contribution in [0.2, 0.25) is 0 Å². The van der Waals surface area contributed by atoms with Gasteiger partial charge in [0.2, 0.25) is 5.95 Å². The van der Waals surface area contributed by atoms with Gasteiger partial charge in [0.25, 0.3) is 0 Å². The maximum atomic E-state index is 6.61. The smallest absolute Gasteiger partial charge is 0.236 e. The number of nitrogens with zero attached hydrogens (tertiary/aromatic N) is 3. The van der Waals surface area contributed by atoms with Crippen LogP contribution in [0, 0.1) is 0 Å². The van der Waals surface area contributed by atoms with Crippen LogP contribution in [-0.2, 0) is 5.41 Å². The molecule has 0 saturated carbocycles. The lowest BCUT2D eigenvalue weighted by Crippen LogP contribution is -2.15. The van der Waals surface area contributed by atoms with Gasteiger partial charge < -0.3 is 4.42 Å². The first-order valence-electron chi connectivity index (χ1n) is 17.7. The number of benzene rings is 7. The number of hydrogen-bond donors (Lipinski definition) is 0. The summed E-state index contributed by atoms with van der Waals surface area (Å²) in [7, 11) is 0. The Morgan fingerprint density at radius 2 is 1.27 bits per heavy atom. The topological polar surface area (TPSA) is 43.9 Å². The lowest BCUT2D eigenvalue weighted by Gasteiger charge is -2.21. The zero-order valence-corrected chi connectivity index (χ0v) is 29.3. The normalized spacial score (nSPS) is 13.7. The molecule has 0 saturated heterocycles. The molecule has 4 nitrogen and oxygen atoms in total. The fourth-order valence-electron chi connectivity index (χ4n) is 8.86. The van der Waals surface area contributed by atoms with Crippen molar-refractivity contribution in [2.75, 3.05) is 0 Å². The van der Waals surface area contributed by atoms with Crippen molar-refractivity contribution in [3.05, 3.63) is 151 Å². The highest BCUT2D eigenvalue weighted by Gasteiger charge is 2.36. The second-order valence-corrected chi connectivity index (χ2v) is 15.7. The van der Waals surface area contributed by atoms with Gasteiger partial charge >= 0.3 is 0 Å². The molecule has 1 aliphatic rings. The molecule has 244 valence electrons. The molecule has 0 N–H and O–H groups in total. The largest absolute Gasteiger partial charge is 0.452 e. The van der Waals surface area contributed by atoms with Crippen LogP contribution in [0.5, 0.6) is 0 Å². The minimum absolute atomic E-state index is 0.150. The molecule has 0 unspecified atom stereocenters. The van der Waals surface area contributed by atoms with Crippen LogP contribution in [0.4, 0.5) is 0 Å². The second-order valence-electron chi connectivity index (χ2n) is 14.6. The Labute approximate surface area is 302 Å². The third-order valence-electron chi connectivity index (χ3n) is 11.4. The summed E-state index contributed by atoms with van der Waals surface area (Å²) in [6.07, 6.45) is 0. The summed E-state index contributed by atoms with van der Waals surface area (Å²) in [4.78, 5) is 10.9. The molecule has 0 fully saturated rings. The third-order valence-corrected chi connectivity index (χ3v) is 12.5. The Bertz CT molecular complexity index is 3340. The number of rotatable bonds is 2. The molecule has 12 rings (SSSR count). The van der Waals surface area contributed by atoms with Crippen molar-refractivity contribution in [1.29, 1.82) is 0 Å². The summed E-state index contributed by atoms with van der Waals surface area (Å²) in [5, 5.41) is 8.29. The molecule has 4 aromatic heterocycles. The lowest BCUT2D eigenvalue weighted by atomic mass is 9.82. The number of para-hydroxylation sites is 1. The predicted octanol–water partition coefficient (Wildman–Crippen LogP) is 13.0. The van der Waals surface area contributed by atoms with Crippen molar-refractivity contribution in [1.82, 2.24) is 14.5 Å². The van der Waals surface area contributed by atoms with E-state index in [1.807, 2.05) is 23.5 Å². The van der Waals surface area contributed by atoms with E-state index in [-0.39, 0.29) is 5.41 Å². The zero-order valence-electron chi connectivity index (χ0n) is 28.4. The first-order valence-corrected chi connectivity index (χ1v) is 18.6. The quantitative estimate of drug-likeness (QED) is 0.182. The fraction of sp³-hybridized carbons (Fsp3) is 0.0638. The van der Waals surface area contributed by atoms with Crippen molar-refractivity contribution < 1.29 is 4.42 Å². The van der Waals surface area contributed by atoms with Gasteiger partial charge in [0.05, 0.1) is 11.0 Å². The molecule has 1 aliphatic carbocycles. The van der Waals surface area contributed by atoms with Crippen LogP contribution in [0.25, 0.3) is 103 Å². The number of aromatic nitrogens is 3. The fourth-order valence-corrected chi connectivity index (χ4v) is 10.0. The van der Waals surface area contributed by atoms with Crippen molar-refractivity contribution in [3.63, 3.8) is 0 Å². The van der Waals surface area contributed by atoms with Crippen molar-refractivity contribution >= 4 is 86.2 Å². The minimum Gasteiger partial charge on any atom is -0.452 e. The van der Waals surface area contributed by atoms with Gasteiger partial charge in [-0.2, -0.15) is 0 Å². The van der Waals surface area contributed by atoms with E-state index >= 15 is 0 Å². The molecule has 0 radical (unpaired) electrons. The Hall–Kier alpha value is -6.30. The summed E-state index contributed by atoms with van der Waals surface area (Å²) in [6, 6.07) is 50.4. The van der Waals surface area contributed by atoms with Gasteiger partial charge in [-0.1, -0.05) is 105 Å². The molecule has 4 heterocycles. The number of thiophene rings is 1. The number of hydrogen-bond acceptors (Lipinski definition) is 4. The zero-order chi connectivity index (χ0) is 34.3. The Morgan fingerprint density at radius 3 is 2.17 bits per heavy atom. The standard InChI is InChI=1S/C47H29N3OS/c1-47(2)36-16-8-5-13-29(36)33-24-35-34-21-26-11-3-4-12-27(26)22-38(34)50(39(35)25-37(33)47)46-48-43(45-44(49-46)32-15-6-9-17-40(32)51-45)28-19-20-31-30-14-7-10-18-41(30)52-42(31)23-28/h3-25H,1-2H3. The average Bonchev–Trinajstić information content (AvgIpc) is 3.89. The summed E-state index contributed by atoms with van der Waals surface area (Å²) < 4.78 is 11.4. The molecule has 0 amide bonds. The van der Waals surface area contributed by atoms with E-state index in [1.54, 1.807) is 0 Å². The molecular formula is C47H29N3OS. The Morgan fingerprint density at radius 1 is 0.558 bits per heavy atom. The summed E-state index contributed by atoms with van der Waals surface area (Å²) in [5.74, 6) is 0.633. The number of fused-ring (bicyclic) bond motifs is 13. The summed E-state index contributed by atoms with van der Waals surface area (Å²) in [6.45, 7) is 4.68. The van der Waals surface area contributed by atoms with Gasteiger partial charge in [0, 0.05) is 47.3 Å². The molecule has 0 atom stereocenters. The van der Waals surface area contributed by atoms with E-state index in [4.69, 9.17) is 14.4 Å². The molecule has 0 aliphatic heterocycles. The average molecular weight is 684 g/mol. The Balaban J connectivity index is 1.21. The highest BCUT2D eigenvalue weighted by Crippen LogP contribution is 2.51. The van der Waals surface area contributed by atoms with Gasteiger partial charge in [0.1, 0.15) is 16.8 Å². The van der Waals surface area contributed by atoms with Crippen LogP contribution in [-0.4, -0.2) is 14.5 Å². The highest BCUT2D eigenvalue weighted by molar-refractivity contribution is 7.25. The van der Waals surface area contributed by atoms with Gasteiger partial charge in [-0.15, -0.1) is 11.3 Å². The van der Waals surface area contributed by atoms with Crippen LogP contribution in [0.3, 0.4) is 0 Å². The van der Waals surface area contributed by atoms with Crippen molar-refractivity contribution in [3.8, 4) is 28.3 Å². The SMILES string of the molecule is CC1(C)c2ccccc2-c2cc3c4cc5ccccc5cc4n(-c4nc(-c5ccc6c(c5)sc5ccccc56)c5oc6ccccc6c5n4)c3cc21. The van der Waals surface area contributed by atoms with E-state index in [0.717, 1.165) is 38.8 Å². The molecule has 0 bridgehead atoms. The number of furan rings is 1. The predicted molar refractivity (Wildman–Crippen MR) is 217 cm³/mol. The molecule has 52 heavy (non-hydrogen) atoms. The highest BCUT2D eigenvalue weighted by atomic mass is 32.1. The van der Waals surface area contributed by atoms with Crippen LogP contribution in [0.15, 0.2) is 144 Å².